The Kier molecular flexibility index (Phi) is 2.16. The maximum atomic E-state index is 5.33. The van der Waals surface area contributed by atoms with E-state index in [4.69, 9.17) is 5.84 Å². The number of hydrazine groups is 1. The Morgan fingerprint density at radius 3 is 2.92 bits per heavy atom. The standard InChI is InChI=1S/C9H8BrN3/c10-7-1-2-8-6(5-7)3-4-12-9(8)13-11/h1-5H,11H2,(H,12,13). The first-order chi connectivity index (χ1) is 6.31. The van der Waals surface area contributed by atoms with Gasteiger partial charge in [0.2, 0.25) is 0 Å². The van der Waals surface area contributed by atoms with Crippen LogP contribution in [-0.2, 0) is 0 Å². The second kappa shape index (κ2) is 3.32. The summed E-state index contributed by atoms with van der Waals surface area (Å²) in [6.45, 7) is 0. The third kappa shape index (κ3) is 1.50. The molecule has 66 valence electrons. The number of nitrogens with one attached hydrogen (secondary N) is 1. The number of fused-ring (bicyclic) bond motifs is 1. The molecule has 0 unspecified atom stereocenters. The number of pyridine rings is 1. The third-order valence-corrected chi connectivity index (χ3v) is 2.36. The molecule has 0 atom stereocenters. The van der Waals surface area contributed by atoms with E-state index < -0.39 is 0 Å². The second-order valence-electron chi connectivity index (χ2n) is 2.67. The van der Waals surface area contributed by atoms with E-state index in [0.717, 1.165) is 15.2 Å². The number of nitrogen functional groups attached to an aromatic ring is 1. The summed E-state index contributed by atoms with van der Waals surface area (Å²) in [5, 5.41) is 2.13. The minimum absolute atomic E-state index is 0.699. The molecule has 2 aromatic rings. The van der Waals surface area contributed by atoms with Gasteiger partial charge in [0.1, 0.15) is 5.82 Å². The van der Waals surface area contributed by atoms with Crippen molar-refractivity contribution in [3.63, 3.8) is 0 Å². The number of halogens is 1. The summed E-state index contributed by atoms with van der Waals surface area (Å²) >= 11 is 3.41. The molecular weight excluding hydrogens is 230 g/mol. The van der Waals surface area contributed by atoms with Crippen LogP contribution in [0, 0.1) is 0 Å². The summed E-state index contributed by atoms with van der Waals surface area (Å²) in [5.74, 6) is 6.03. The van der Waals surface area contributed by atoms with Gasteiger partial charge in [-0.15, -0.1) is 0 Å². The smallest absolute Gasteiger partial charge is 0.147 e. The minimum atomic E-state index is 0.699. The highest BCUT2D eigenvalue weighted by Gasteiger charge is 1.99. The normalized spacial score (nSPS) is 10.3. The molecular formula is C9H8BrN3. The summed E-state index contributed by atoms with van der Waals surface area (Å²) in [7, 11) is 0. The lowest BCUT2D eigenvalue weighted by Crippen LogP contribution is -2.08. The molecule has 3 N–H and O–H groups in total. The quantitative estimate of drug-likeness (QED) is 0.591. The average molecular weight is 238 g/mol. The molecule has 0 saturated heterocycles. The molecule has 0 spiro atoms. The number of aromatic nitrogens is 1. The Morgan fingerprint density at radius 2 is 2.15 bits per heavy atom. The largest absolute Gasteiger partial charge is 0.308 e. The van der Waals surface area contributed by atoms with Crippen LogP contribution in [0.15, 0.2) is 34.9 Å². The van der Waals surface area contributed by atoms with Gasteiger partial charge in [-0.25, -0.2) is 10.8 Å². The zero-order valence-electron chi connectivity index (χ0n) is 6.79. The fourth-order valence-electron chi connectivity index (χ4n) is 1.26. The molecule has 0 aliphatic heterocycles. The summed E-state index contributed by atoms with van der Waals surface area (Å²) in [6, 6.07) is 7.91. The maximum absolute atomic E-state index is 5.33. The van der Waals surface area contributed by atoms with Crippen LogP contribution in [0.2, 0.25) is 0 Å². The fourth-order valence-corrected chi connectivity index (χ4v) is 1.64. The summed E-state index contributed by atoms with van der Waals surface area (Å²) in [5.41, 5.74) is 2.56. The van der Waals surface area contributed by atoms with Crippen molar-refractivity contribution in [1.29, 1.82) is 0 Å². The lowest BCUT2D eigenvalue weighted by atomic mass is 10.2. The van der Waals surface area contributed by atoms with E-state index in [1.165, 1.54) is 0 Å². The first kappa shape index (κ1) is 8.47. The van der Waals surface area contributed by atoms with Gasteiger partial charge in [0, 0.05) is 16.1 Å². The maximum Gasteiger partial charge on any atom is 0.147 e. The van der Waals surface area contributed by atoms with Crippen LogP contribution < -0.4 is 11.3 Å². The van der Waals surface area contributed by atoms with Gasteiger partial charge in [0.05, 0.1) is 0 Å². The molecule has 3 nitrogen and oxygen atoms in total. The monoisotopic (exact) mass is 237 g/mol. The number of rotatable bonds is 1. The minimum Gasteiger partial charge on any atom is -0.308 e. The van der Waals surface area contributed by atoms with Gasteiger partial charge in [-0.2, -0.15) is 0 Å². The van der Waals surface area contributed by atoms with Crippen LogP contribution in [0.25, 0.3) is 10.8 Å². The second-order valence-corrected chi connectivity index (χ2v) is 3.59. The number of nitrogens with zero attached hydrogens (tertiary/aromatic N) is 1. The van der Waals surface area contributed by atoms with Crippen molar-refractivity contribution in [2.24, 2.45) is 5.84 Å². The first-order valence-electron chi connectivity index (χ1n) is 3.82. The van der Waals surface area contributed by atoms with Crippen LogP contribution in [0.1, 0.15) is 0 Å². The number of anilines is 1. The first-order valence-corrected chi connectivity index (χ1v) is 4.61. The lowest BCUT2D eigenvalue weighted by molar-refractivity contribution is 1.25. The number of nitrogens with two attached hydrogens (primary N) is 1. The highest BCUT2D eigenvalue weighted by Crippen LogP contribution is 2.23. The van der Waals surface area contributed by atoms with E-state index in [0.29, 0.717) is 5.82 Å². The van der Waals surface area contributed by atoms with Crippen molar-refractivity contribution in [1.82, 2.24) is 4.98 Å². The summed E-state index contributed by atoms with van der Waals surface area (Å²) in [4.78, 5) is 4.10. The Labute approximate surface area is 84.1 Å². The van der Waals surface area contributed by atoms with E-state index in [-0.39, 0.29) is 0 Å². The van der Waals surface area contributed by atoms with Gasteiger partial charge in [-0.1, -0.05) is 15.9 Å². The Bertz CT molecular complexity index is 442. The van der Waals surface area contributed by atoms with Crippen molar-refractivity contribution in [2.75, 3.05) is 5.43 Å². The number of hydrogen-bond donors (Lipinski definition) is 2. The van der Waals surface area contributed by atoms with Crippen LogP contribution in [-0.4, -0.2) is 4.98 Å². The molecule has 0 saturated carbocycles. The Balaban J connectivity index is 2.77. The van der Waals surface area contributed by atoms with Gasteiger partial charge >= 0.3 is 0 Å². The van der Waals surface area contributed by atoms with Crippen LogP contribution in [0.4, 0.5) is 5.82 Å². The molecule has 1 aromatic carbocycles. The molecule has 0 bridgehead atoms. The van der Waals surface area contributed by atoms with E-state index in [9.17, 15) is 0 Å². The van der Waals surface area contributed by atoms with E-state index in [2.05, 4.69) is 26.3 Å². The topological polar surface area (TPSA) is 50.9 Å². The molecule has 0 amide bonds. The molecule has 4 heteroatoms. The molecule has 1 heterocycles. The fraction of sp³-hybridized carbons (Fsp3) is 0. The van der Waals surface area contributed by atoms with Crippen molar-refractivity contribution in [2.45, 2.75) is 0 Å². The number of hydrogen-bond acceptors (Lipinski definition) is 3. The molecule has 2 rings (SSSR count). The highest BCUT2D eigenvalue weighted by molar-refractivity contribution is 9.10. The average Bonchev–Trinajstić information content (AvgIpc) is 2.16. The van der Waals surface area contributed by atoms with Gasteiger partial charge < -0.3 is 5.43 Å². The number of benzene rings is 1. The molecule has 13 heavy (non-hydrogen) atoms. The Hall–Kier alpha value is -1.13. The molecule has 0 aliphatic carbocycles. The van der Waals surface area contributed by atoms with E-state index >= 15 is 0 Å². The molecule has 1 aromatic heterocycles. The molecule has 0 fully saturated rings. The van der Waals surface area contributed by atoms with E-state index in [1.807, 2.05) is 24.3 Å². The Morgan fingerprint density at radius 1 is 1.31 bits per heavy atom. The summed E-state index contributed by atoms with van der Waals surface area (Å²) in [6.07, 6.45) is 1.73. The van der Waals surface area contributed by atoms with Crippen LogP contribution in [0.5, 0.6) is 0 Å². The highest BCUT2D eigenvalue weighted by atomic mass is 79.9. The van der Waals surface area contributed by atoms with Gasteiger partial charge in [-0.05, 0) is 29.7 Å². The van der Waals surface area contributed by atoms with Gasteiger partial charge in [0.15, 0.2) is 0 Å². The zero-order chi connectivity index (χ0) is 9.26. The van der Waals surface area contributed by atoms with E-state index in [1.54, 1.807) is 6.20 Å². The third-order valence-electron chi connectivity index (χ3n) is 1.86. The predicted molar refractivity (Wildman–Crippen MR) is 57.3 cm³/mol. The van der Waals surface area contributed by atoms with Crippen LogP contribution in [0.3, 0.4) is 0 Å². The zero-order valence-corrected chi connectivity index (χ0v) is 8.38. The van der Waals surface area contributed by atoms with Crippen molar-refractivity contribution >= 4 is 32.5 Å². The van der Waals surface area contributed by atoms with Crippen molar-refractivity contribution in [3.05, 3.63) is 34.9 Å². The van der Waals surface area contributed by atoms with Gasteiger partial charge in [0.25, 0.3) is 0 Å². The summed E-state index contributed by atoms with van der Waals surface area (Å²) < 4.78 is 1.05. The SMILES string of the molecule is NNc1nccc2cc(Br)ccc12. The molecule has 0 aliphatic rings. The lowest BCUT2D eigenvalue weighted by Gasteiger charge is -2.03. The van der Waals surface area contributed by atoms with Crippen molar-refractivity contribution < 1.29 is 0 Å². The van der Waals surface area contributed by atoms with Crippen LogP contribution >= 0.6 is 15.9 Å². The predicted octanol–water partition coefficient (Wildman–Crippen LogP) is 2.28. The van der Waals surface area contributed by atoms with Gasteiger partial charge in [-0.3, -0.25) is 0 Å². The molecule has 0 radical (unpaired) electrons. The van der Waals surface area contributed by atoms with Crippen molar-refractivity contribution in [3.8, 4) is 0 Å².